The summed E-state index contributed by atoms with van der Waals surface area (Å²) in [5.41, 5.74) is 6.68. The molecule has 2 aliphatic heterocycles. The number of fused-ring (bicyclic) bond motifs is 1. The molecule has 1 saturated carbocycles. The largest absolute Gasteiger partial charge is 0.392 e. The predicted molar refractivity (Wildman–Crippen MR) is 224 cm³/mol. The minimum absolute atomic E-state index is 0.00700. The summed E-state index contributed by atoms with van der Waals surface area (Å²) in [6.45, 7) is 9.88. The lowest BCUT2D eigenvalue weighted by Gasteiger charge is -2.51. The van der Waals surface area contributed by atoms with Gasteiger partial charge in [-0.15, -0.1) is 0 Å². The van der Waals surface area contributed by atoms with Gasteiger partial charge in [0.1, 0.15) is 0 Å². The maximum absolute atomic E-state index is 13.9. The van der Waals surface area contributed by atoms with Gasteiger partial charge in [0.15, 0.2) is 6.29 Å². The molecule has 3 fully saturated rings. The van der Waals surface area contributed by atoms with E-state index in [1.807, 2.05) is 54.6 Å². The van der Waals surface area contributed by atoms with Gasteiger partial charge in [-0.05, 0) is 91.8 Å². The number of benzene rings is 4. The van der Waals surface area contributed by atoms with Gasteiger partial charge < -0.3 is 30.5 Å². The van der Waals surface area contributed by atoms with E-state index in [1.165, 1.54) is 19.3 Å². The average molecular weight is 773 g/mol. The first kappa shape index (κ1) is 40.6. The second-order valence-corrected chi connectivity index (χ2v) is 17.3. The summed E-state index contributed by atoms with van der Waals surface area (Å²) >= 11 is 0. The molecule has 2 saturated heterocycles. The second-order valence-electron chi connectivity index (χ2n) is 17.3. The number of carbonyl (C=O) groups excluding carboxylic acids is 2. The molecule has 2 heterocycles. The van der Waals surface area contributed by atoms with E-state index in [0.29, 0.717) is 31.6 Å². The minimum atomic E-state index is -0.610. The highest BCUT2D eigenvalue weighted by atomic mass is 16.7. The molecule has 9 heteroatoms. The van der Waals surface area contributed by atoms with Crippen LogP contribution in [0.15, 0.2) is 103 Å². The van der Waals surface area contributed by atoms with Crippen LogP contribution in [0.4, 0.5) is 4.79 Å². The zero-order valence-electron chi connectivity index (χ0n) is 34.0. The molecule has 0 unspecified atom stereocenters. The Morgan fingerprint density at radius 3 is 2.14 bits per heavy atom. The molecule has 4 aromatic rings. The lowest BCUT2D eigenvalue weighted by Crippen LogP contribution is -2.61. The molecule has 4 aromatic carbocycles. The SMILES string of the molecule is C[C@@H]1[C@H](CN2[C@@H](C(=O)NC(C)(C)C)CC[C@H]3CCCC[C@H]32)O[C@H](c2ccc(-c3cccc(CNC(=O)NCc4ccccc4)c3)cc2)O[C@@H]1c1ccc(CO)cc1. The molecule has 3 aliphatic rings. The molecular formula is C48H60N4O5. The van der Waals surface area contributed by atoms with E-state index in [1.54, 1.807) is 0 Å². The van der Waals surface area contributed by atoms with E-state index >= 15 is 0 Å². The standard InChI is InChI=1S/C48H60N4O5/c1-32-43(30-52-41-16-9-8-14-37(41)25-26-42(52)45(54)51-48(2,3)4)56-46(57-44(32)38-19-17-34(31-53)18-20-38)39-23-21-36(22-24-39)40-15-10-13-35(27-40)29-50-47(55)49-28-33-11-6-5-7-12-33/h5-7,10-13,15,17-24,27,32,37,41-44,46,53H,8-9,14,16,25-26,28-31H2,1-4H3,(H,51,54)(H2,49,50,55)/t32-,37-,41-,42-,43+,44+,46+/m1/s1. The van der Waals surface area contributed by atoms with Crippen molar-refractivity contribution in [1.29, 1.82) is 0 Å². The van der Waals surface area contributed by atoms with Crippen LogP contribution in [0.25, 0.3) is 11.1 Å². The van der Waals surface area contributed by atoms with E-state index in [2.05, 4.69) is 97.1 Å². The Balaban J connectivity index is 1.09. The normalized spacial score (nSPS) is 25.2. The lowest BCUT2D eigenvalue weighted by atomic mass is 9.75. The molecule has 0 bridgehead atoms. The number of rotatable bonds is 11. The molecule has 302 valence electrons. The summed E-state index contributed by atoms with van der Waals surface area (Å²) in [5.74, 6) is 0.720. The molecule has 9 nitrogen and oxygen atoms in total. The van der Waals surface area contributed by atoms with Crippen LogP contribution in [0.5, 0.6) is 0 Å². The number of ether oxygens (including phenoxy) is 2. The Morgan fingerprint density at radius 1 is 0.737 bits per heavy atom. The molecule has 7 rings (SSSR count). The molecule has 0 radical (unpaired) electrons. The van der Waals surface area contributed by atoms with Crippen LogP contribution in [-0.4, -0.2) is 52.2 Å². The van der Waals surface area contributed by atoms with Crippen LogP contribution < -0.4 is 16.0 Å². The molecule has 0 spiro atoms. The molecule has 0 aromatic heterocycles. The van der Waals surface area contributed by atoms with Crippen molar-refractivity contribution in [3.8, 4) is 11.1 Å². The third-order valence-corrected chi connectivity index (χ3v) is 12.0. The van der Waals surface area contributed by atoms with E-state index in [-0.39, 0.29) is 48.3 Å². The van der Waals surface area contributed by atoms with Gasteiger partial charge in [-0.3, -0.25) is 9.69 Å². The van der Waals surface area contributed by atoms with Crippen molar-refractivity contribution in [2.24, 2.45) is 11.8 Å². The number of hydrogen-bond acceptors (Lipinski definition) is 6. The maximum atomic E-state index is 13.9. The lowest BCUT2D eigenvalue weighted by molar-refractivity contribution is -0.278. The number of amides is 3. The number of urea groups is 1. The Hall–Kier alpha value is -4.54. The summed E-state index contributed by atoms with van der Waals surface area (Å²) in [7, 11) is 0. The Labute approximate surface area is 338 Å². The predicted octanol–water partition coefficient (Wildman–Crippen LogP) is 8.57. The van der Waals surface area contributed by atoms with E-state index < -0.39 is 6.29 Å². The van der Waals surface area contributed by atoms with Crippen molar-refractivity contribution in [2.75, 3.05) is 6.54 Å². The van der Waals surface area contributed by atoms with Gasteiger partial charge in [-0.2, -0.15) is 0 Å². The number of nitrogens with one attached hydrogen (secondary N) is 3. The molecular weight excluding hydrogens is 713 g/mol. The van der Waals surface area contributed by atoms with Gasteiger partial charge in [0.05, 0.1) is 24.9 Å². The van der Waals surface area contributed by atoms with Gasteiger partial charge in [0.2, 0.25) is 5.91 Å². The van der Waals surface area contributed by atoms with Crippen LogP contribution in [0.2, 0.25) is 0 Å². The number of likely N-dealkylation sites (tertiary alicyclic amines) is 1. The summed E-state index contributed by atoms with van der Waals surface area (Å²) in [5, 5.41) is 19.0. The van der Waals surface area contributed by atoms with Crippen LogP contribution in [0.3, 0.4) is 0 Å². The monoisotopic (exact) mass is 772 g/mol. The fourth-order valence-corrected chi connectivity index (χ4v) is 8.98. The first-order chi connectivity index (χ1) is 27.5. The van der Waals surface area contributed by atoms with Gasteiger partial charge in [0.25, 0.3) is 0 Å². The number of aliphatic hydroxyl groups is 1. The third kappa shape index (κ3) is 10.3. The topological polar surface area (TPSA) is 112 Å². The number of aliphatic hydroxyl groups excluding tert-OH is 1. The van der Waals surface area contributed by atoms with Crippen molar-refractivity contribution in [3.63, 3.8) is 0 Å². The van der Waals surface area contributed by atoms with Crippen molar-refractivity contribution in [2.45, 2.75) is 122 Å². The quantitative estimate of drug-likeness (QED) is 0.122. The summed E-state index contributed by atoms with van der Waals surface area (Å²) < 4.78 is 13.8. The van der Waals surface area contributed by atoms with Crippen LogP contribution in [-0.2, 0) is 34.0 Å². The Morgan fingerprint density at radius 2 is 1.42 bits per heavy atom. The highest BCUT2D eigenvalue weighted by Gasteiger charge is 2.46. The molecule has 1 aliphatic carbocycles. The molecule has 57 heavy (non-hydrogen) atoms. The van der Waals surface area contributed by atoms with E-state index in [9.17, 15) is 14.7 Å². The van der Waals surface area contributed by atoms with Gasteiger partial charge in [-0.25, -0.2) is 4.79 Å². The highest BCUT2D eigenvalue weighted by molar-refractivity contribution is 5.82. The van der Waals surface area contributed by atoms with E-state index in [0.717, 1.165) is 58.2 Å². The Bertz CT molecular complexity index is 1930. The zero-order chi connectivity index (χ0) is 39.9. The smallest absolute Gasteiger partial charge is 0.315 e. The van der Waals surface area contributed by atoms with Crippen LogP contribution in [0.1, 0.15) is 106 Å². The van der Waals surface area contributed by atoms with Crippen molar-refractivity contribution in [3.05, 3.63) is 131 Å². The number of nitrogens with zero attached hydrogens (tertiary/aromatic N) is 1. The third-order valence-electron chi connectivity index (χ3n) is 12.0. The summed E-state index contributed by atoms with van der Waals surface area (Å²) in [4.78, 5) is 28.9. The van der Waals surface area contributed by atoms with Gasteiger partial charge >= 0.3 is 6.03 Å². The number of piperidine rings is 1. The van der Waals surface area contributed by atoms with Gasteiger partial charge in [-0.1, -0.05) is 117 Å². The maximum Gasteiger partial charge on any atom is 0.315 e. The van der Waals surface area contributed by atoms with Crippen LogP contribution >= 0.6 is 0 Å². The number of carbonyl (C=O) groups is 2. The van der Waals surface area contributed by atoms with Crippen molar-refractivity contribution in [1.82, 2.24) is 20.9 Å². The first-order valence-electron chi connectivity index (χ1n) is 20.9. The number of hydrogen-bond donors (Lipinski definition) is 4. The second kappa shape index (κ2) is 18.4. The molecule has 3 amide bonds. The fourth-order valence-electron chi connectivity index (χ4n) is 8.98. The Kier molecular flexibility index (Phi) is 13.1. The highest BCUT2D eigenvalue weighted by Crippen LogP contribution is 2.44. The summed E-state index contributed by atoms with van der Waals surface area (Å²) in [6.07, 6.45) is 5.68. The van der Waals surface area contributed by atoms with E-state index in [4.69, 9.17) is 9.47 Å². The molecule has 7 atom stereocenters. The summed E-state index contributed by atoms with van der Waals surface area (Å²) in [6, 6.07) is 34.4. The first-order valence-corrected chi connectivity index (χ1v) is 20.9. The zero-order valence-corrected chi connectivity index (χ0v) is 34.0. The van der Waals surface area contributed by atoms with Crippen molar-refractivity contribution >= 4 is 11.9 Å². The van der Waals surface area contributed by atoms with Gasteiger partial charge in [0, 0.05) is 42.7 Å². The molecule has 4 N–H and O–H groups in total. The average Bonchev–Trinajstić information content (AvgIpc) is 3.23. The van der Waals surface area contributed by atoms with Crippen molar-refractivity contribution < 1.29 is 24.2 Å². The van der Waals surface area contributed by atoms with Crippen LogP contribution in [0, 0.1) is 11.8 Å². The fraction of sp³-hybridized carbons (Fsp3) is 0.458. The minimum Gasteiger partial charge on any atom is -0.392 e.